The van der Waals surface area contributed by atoms with Crippen LogP contribution in [-0.2, 0) is 24.4 Å². The Morgan fingerprint density at radius 2 is 1.55 bits per heavy atom. The van der Waals surface area contributed by atoms with Crippen LogP contribution in [0.4, 0.5) is 0 Å². The number of hydrogen-bond acceptors (Lipinski definition) is 8. The van der Waals surface area contributed by atoms with E-state index in [0.29, 0.717) is 36.3 Å². The third-order valence-corrected chi connectivity index (χ3v) is 8.02. The standard InChI is InChI=1S/C31H41N5O4/c1-38-27-12-11-26(19-28(27)39-2)30-33-29(40-34-30)22-36-17-13-25(14-18-36)31(37)32-20-23-7-9-24(10-8-23)21-35-15-5-3-4-6-16-35/h7-12,19,25H,3-6,13-18,20-22H2,1-2H3,(H,32,37). The van der Waals surface area contributed by atoms with E-state index in [-0.39, 0.29) is 11.8 Å². The summed E-state index contributed by atoms with van der Waals surface area (Å²) < 4.78 is 16.2. The molecular weight excluding hydrogens is 506 g/mol. The van der Waals surface area contributed by atoms with Crippen molar-refractivity contribution in [2.45, 2.75) is 58.2 Å². The Balaban J connectivity index is 1.05. The second-order valence-corrected chi connectivity index (χ2v) is 10.9. The maximum Gasteiger partial charge on any atom is 0.241 e. The molecule has 2 saturated heterocycles. The van der Waals surface area contributed by atoms with Crippen molar-refractivity contribution < 1.29 is 18.8 Å². The Labute approximate surface area is 236 Å². The van der Waals surface area contributed by atoms with E-state index in [2.05, 4.69) is 49.5 Å². The molecule has 2 fully saturated rings. The molecule has 9 nitrogen and oxygen atoms in total. The van der Waals surface area contributed by atoms with Gasteiger partial charge in [-0.1, -0.05) is 42.3 Å². The third-order valence-electron chi connectivity index (χ3n) is 8.02. The van der Waals surface area contributed by atoms with Crippen LogP contribution in [0.25, 0.3) is 11.4 Å². The molecule has 3 aromatic rings. The molecule has 0 atom stereocenters. The van der Waals surface area contributed by atoms with Gasteiger partial charge in [0.15, 0.2) is 11.5 Å². The number of rotatable bonds is 10. The van der Waals surface area contributed by atoms with Crippen LogP contribution in [0.15, 0.2) is 47.0 Å². The van der Waals surface area contributed by atoms with Crippen molar-refractivity contribution in [1.82, 2.24) is 25.3 Å². The molecule has 2 aromatic carbocycles. The van der Waals surface area contributed by atoms with E-state index in [4.69, 9.17) is 14.0 Å². The van der Waals surface area contributed by atoms with Gasteiger partial charge >= 0.3 is 0 Å². The zero-order valence-corrected chi connectivity index (χ0v) is 23.7. The van der Waals surface area contributed by atoms with E-state index in [1.54, 1.807) is 14.2 Å². The average molecular weight is 548 g/mol. The lowest BCUT2D eigenvalue weighted by molar-refractivity contribution is -0.126. The van der Waals surface area contributed by atoms with Crippen LogP contribution in [0.2, 0.25) is 0 Å². The molecule has 1 aromatic heterocycles. The zero-order chi connectivity index (χ0) is 27.7. The zero-order valence-electron chi connectivity index (χ0n) is 23.7. The van der Waals surface area contributed by atoms with Crippen molar-refractivity contribution >= 4 is 5.91 Å². The molecule has 1 amide bonds. The first kappa shape index (κ1) is 28.1. The molecule has 0 bridgehead atoms. The molecule has 0 spiro atoms. The Bertz CT molecular complexity index is 1230. The number of amides is 1. The topological polar surface area (TPSA) is 93.0 Å². The summed E-state index contributed by atoms with van der Waals surface area (Å²) in [4.78, 5) is 22.3. The number of benzene rings is 2. The molecule has 2 aliphatic rings. The van der Waals surface area contributed by atoms with E-state index in [9.17, 15) is 4.79 Å². The smallest absolute Gasteiger partial charge is 0.241 e. The van der Waals surface area contributed by atoms with Gasteiger partial charge in [-0.2, -0.15) is 4.98 Å². The van der Waals surface area contributed by atoms with Crippen molar-refractivity contribution in [3.63, 3.8) is 0 Å². The molecule has 40 heavy (non-hydrogen) atoms. The monoisotopic (exact) mass is 547 g/mol. The fourth-order valence-corrected chi connectivity index (χ4v) is 5.60. The first-order valence-electron chi connectivity index (χ1n) is 14.5. The molecule has 5 rings (SSSR count). The molecule has 9 heteroatoms. The van der Waals surface area contributed by atoms with Gasteiger partial charge in [0.2, 0.25) is 17.6 Å². The average Bonchev–Trinajstić information content (AvgIpc) is 3.31. The van der Waals surface area contributed by atoms with Gasteiger partial charge in [0.1, 0.15) is 0 Å². The second kappa shape index (κ2) is 13.8. The molecule has 0 aliphatic carbocycles. The summed E-state index contributed by atoms with van der Waals surface area (Å²) in [5.41, 5.74) is 3.29. The van der Waals surface area contributed by atoms with Gasteiger partial charge in [0.25, 0.3) is 0 Å². The molecule has 1 N–H and O–H groups in total. The van der Waals surface area contributed by atoms with Gasteiger partial charge in [-0.15, -0.1) is 0 Å². The summed E-state index contributed by atoms with van der Waals surface area (Å²) in [5.74, 6) is 2.52. The highest BCUT2D eigenvalue weighted by Crippen LogP contribution is 2.31. The highest BCUT2D eigenvalue weighted by Gasteiger charge is 2.26. The van der Waals surface area contributed by atoms with Gasteiger partial charge in [0.05, 0.1) is 20.8 Å². The van der Waals surface area contributed by atoms with Crippen molar-refractivity contribution in [2.75, 3.05) is 40.4 Å². The Morgan fingerprint density at radius 1 is 0.875 bits per heavy atom. The number of methoxy groups -OCH3 is 2. The maximum atomic E-state index is 12.9. The van der Waals surface area contributed by atoms with Gasteiger partial charge in [-0.05, 0) is 81.2 Å². The minimum Gasteiger partial charge on any atom is -0.493 e. The molecule has 214 valence electrons. The van der Waals surface area contributed by atoms with Crippen LogP contribution in [-0.4, -0.2) is 66.2 Å². The van der Waals surface area contributed by atoms with Crippen LogP contribution < -0.4 is 14.8 Å². The summed E-state index contributed by atoms with van der Waals surface area (Å²) in [7, 11) is 3.20. The van der Waals surface area contributed by atoms with Crippen molar-refractivity contribution in [3.8, 4) is 22.9 Å². The number of nitrogens with one attached hydrogen (secondary N) is 1. The predicted octanol–water partition coefficient (Wildman–Crippen LogP) is 4.66. The van der Waals surface area contributed by atoms with Crippen LogP contribution in [0.3, 0.4) is 0 Å². The molecule has 0 saturated carbocycles. The molecule has 2 aliphatic heterocycles. The minimum atomic E-state index is 0.0311. The van der Waals surface area contributed by atoms with Crippen LogP contribution in [0.1, 0.15) is 55.5 Å². The van der Waals surface area contributed by atoms with Crippen LogP contribution in [0, 0.1) is 5.92 Å². The first-order valence-corrected chi connectivity index (χ1v) is 14.5. The molecular formula is C31H41N5O4. The van der Waals surface area contributed by atoms with Gasteiger partial charge in [-0.3, -0.25) is 14.6 Å². The number of carbonyl (C=O) groups is 1. The third kappa shape index (κ3) is 7.40. The second-order valence-electron chi connectivity index (χ2n) is 10.9. The molecule has 0 unspecified atom stereocenters. The predicted molar refractivity (Wildman–Crippen MR) is 153 cm³/mol. The Hall–Kier alpha value is -3.43. The van der Waals surface area contributed by atoms with Gasteiger partial charge in [-0.25, -0.2) is 0 Å². The summed E-state index contributed by atoms with van der Waals surface area (Å²) in [6, 6.07) is 14.3. The summed E-state index contributed by atoms with van der Waals surface area (Å²) >= 11 is 0. The van der Waals surface area contributed by atoms with E-state index in [1.165, 1.54) is 44.3 Å². The van der Waals surface area contributed by atoms with Crippen molar-refractivity contribution in [1.29, 1.82) is 0 Å². The number of likely N-dealkylation sites (tertiary alicyclic amines) is 2. The lowest BCUT2D eigenvalue weighted by Crippen LogP contribution is -2.40. The number of aromatic nitrogens is 2. The fourth-order valence-electron chi connectivity index (χ4n) is 5.60. The lowest BCUT2D eigenvalue weighted by atomic mass is 9.96. The highest BCUT2D eigenvalue weighted by molar-refractivity contribution is 5.78. The number of carbonyl (C=O) groups excluding carboxylic acids is 1. The normalized spacial score (nSPS) is 17.4. The van der Waals surface area contributed by atoms with E-state index >= 15 is 0 Å². The maximum absolute atomic E-state index is 12.9. The quantitative estimate of drug-likeness (QED) is 0.392. The van der Waals surface area contributed by atoms with Crippen molar-refractivity contribution in [2.24, 2.45) is 5.92 Å². The number of piperidine rings is 1. The SMILES string of the molecule is COc1ccc(-c2noc(CN3CCC(C(=O)NCc4ccc(CN5CCCCCC5)cc4)CC3)n2)cc1OC. The first-order chi connectivity index (χ1) is 19.6. The van der Waals surface area contributed by atoms with E-state index < -0.39 is 0 Å². The minimum absolute atomic E-state index is 0.0311. The lowest BCUT2D eigenvalue weighted by Gasteiger charge is -2.30. The highest BCUT2D eigenvalue weighted by atomic mass is 16.5. The fraction of sp³-hybridized carbons (Fsp3) is 0.516. The van der Waals surface area contributed by atoms with Crippen LogP contribution >= 0.6 is 0 Å². The van der Waals surface area contributed by atoms with Crippen LogP contribution in [0.5, 0.6) is 11.5 Å². The van der Waals surface area contributed by atoms with Gasteiger partial charge in [0, 0.05) is 24.6 Å². The summed E-state index contributed by atoms with van der Waals surface area (Å²) in [6.45, 7) is 6.20. The number of ether oxygens (including phenoxy) is 2. The number of hydrogen-bond donors (Lipinski definition) is 1. The number of nitrogens with zero attached hydrogens (tertiary/aromatic N) is 4. The molecule has 3 heterocycles. The Kier molecular flexibility index (Phi) is 9.67. The summed E-state index contributed by atoms with van der Waals surface area (Å²) in [5, 5.41) is 7.30. The van der Waals surface area contributed by atoms with E-state index in [1.807, 2.05) is 18.2 Å². The van der Waals surface area contributed by atoms with Crippen molar-refractivity contribution in [3.05, 3.63) is 59.5 Å². The van der Waals surface area contributed by atoms with E-state index in [0.717, 1.165) is 43.6 Å². The molecule has 0 radical (unpaired) electrons. The largest absolute Gasteiger partial charge is 0.493 e. The summed E-state index contributed by atoms with van der Waals surface area (Å²) in [6.07, 6.45) is 6.96. The Morgan fingerprint density at radius 3 is 2.25 bits per heavy atom. The van der Waals surface area contributed by atoms with Gasteiger partial charge < -0.3 is 19.3 Å².